The molecule has 15 heavy (non-hydrogen) atoms. The summed E-state index contributed by atoms with van der Waals surface area (Å²) in [4.78, 5) is 12.0. The molecule has 2 aromatic rings. The van der Waals surface area contributed by atoms with Crippen LogP contribution in [0.1, 0.15) is 30.0 Å². The zero-order valence-electron chi connectivity index (χ0n) is 9.20. The van der Waals surface area contributed by atoms with E-state index < -0.39 is 0 Å². The Morgan fingerprint density at radius 2 is 1.93 bits per heavy atom. The highest BCUT2D eigenvalue weighted by Gasteiger charge is 2.19. The van der Waals surface area contributed by atoms with Crippen LogP contribution in [0.4, 0.5) is 0 Å². The monoisotopic (exact) mass is 202 g/mol. The van der Waals surface area contributed by atoms with Gasteiger partial charge in [-0.15, -0.1) is 0 Å². The lowest BCUT2D eigenvalue weighted by Crippen LogP contribution is -2.07. The third-order valence-corrected chi connectivity index (χ3v) is 2.54. The van der Waals surface area contributed by atoms with Crippen LogP contribution in [0.3, 0.4) is 0 Å². The Bertz CT molecular complexity index is 506. The van der Waals surface area contributed by atoms with E-state index in [4.69, 9.17) is 4.42 Å². The summed E-state index contributed by atoms with van der Waals surface area (Å²) in [5, 5.41) is 0.925. The predicted molar refractivity (Wildman–Crippen MR) is 60.1 cm³/mol. The molecular weight excluding hydrogens is 188 g/mol. The smallest absolute Gasteiger partial charge is 0.169 e. The number of fused-ring (bicyclic) bond motifs is 1. The van der Waals surface area contributed by atoms with Gasteiger partial charge in [-0.05, 0) is 13.0 Å². The SMILES string of the molecule is Cc1oc2ccccc2c1C(=O)C(C)C. The Kier molecular flexibility index (Phi) is 2.35. The third-order valence-electron chi connectivity index (χ3n) is 2.54. The van der Waals surface area contributed by atoms with E-state index in [0.29, 0.717) is 0 Å². The van der Waals surface area contributed by atoms with Crippen LogP contribution in [0.25, 0.3) is 11.0 Å². The lowest BCUT2D eigenvalue weighted by molar-refractivity contribution is 0.0939. The largest absolute Gasteiger partial charge is 0.461 e. The molecular formula is C13H14O2. The average Bonchev–Trinajstić information content (AvgIpc) is 2.52. The van der Waals surface area contributed by atoms with Gasteiger partial charge in [-0.1, -0.05) is 32.0 Å². The first-order valence-electron chi connectivity index (χ1n) is 5.13. The van der Waals surface area contributed by atoms with Crippen molar-refractivity contribution in [3.63, 3.8) is 0 Å². The first kappa shape index (κ1) is 9.97. The summed E-state index contributed by atoms with van der Waals surface area (Å²) in [6.45, 7) is 5.66. The quantitative estimate of drug-likeness (QED) is 0.697. The van der Waals surface area contributed by atoms with Gasteiger partial charge in [-0.2, -0.15) is 0 Å². The Hall–Kier alpha value is -1.57. The molecule has 0 saturated carbocycles. The molecule has 0 unspecified atom stereocenters. The highest BCUT2D eigenvalue weighted by atomic mass is 16.3. The van der Waals surface area contributed by atoms with Crippen LogP contribution < -0.4 is 0 Å². The fraction of sp³-hybridized carbons (Fsp3) is 0.308. The fourth-order valence-corrected chi connectivity index (χ4v) is 1.76. The minimum absolute atomic E-state index is 0.00436. The highest BCUT2D eigenvalue weighted by molar-refractivity contribution is 6.09. The van der Waals surface area contributed by atoms with E-state index in [9.17, 15) is 4.79 Å². The normalized spacial score (nSPS) is 11.2. The van der Waals surface area contributed by atoms with Crippen LogP contribution in [0.2, 0.25) is 0 Å². The molecule has 0 saturated heterocycles. The van der Waals surface area contributed by atoms with Crippen LogP contribution in [-0.4, -0.2) is 5.78 Å². The maximum absolute atomic E-state index is 12.0. The maximum atomic E-state index is 12.0. The first-order valence-corrected chi connectivity index (χ1v) is 5.13. The highest BCUT2D eigenvalue weighted by Crippen LogP contribution is 2.27. The molecule has 2 nitrogen and oxygen atoms in total. The second-order valence-electron chi connectivity index (χ2n) is 4.05. The number of carbonyl (C=O) groups is 1. The van der Waals surface area contributed by atoms with E-state index in [1.54, 1.807) is 0 Å². The zero-order chi connectivity index (χ0) is 11.0. The van der Waals surface area contributed by atoms with Crippen molar-refractivity contribution >= 4 is 16.8 Å². The second kappa shape index (κ2) is 3.54. The third kappa shape index (κ3) is 1.56. The molecule has 0 amide bonds. The molecule has 2 heteroatoms. The van der Waals surface area contributed by atoms with Gasteiger partial charge in [0.1, 0.15) is 11.3 Å². The second-order valence-corrected chi connectivity index (χ2v) is 4.05. The van der Waals surface area contributed by atoms with Crippen molar-refractivity contribution in [1.82, 2.24) is 0 Å². The Balaban J connectivity index is 2.69. The summed E-state index contributed by atoms with van der Waals surface area (Å²) < 4.78 is 5.55. The summed E-state index contributed by atoms with van der Waals surface area (Å²) in [5.74, 6) is 0.872. The van der Waals surface area contributed by atoms with Crippen LogP contribution in [0.5, 0.6) is 0 Å². The first-order chi connectivity index (χ1) is 7.11. The van der Waals surface area contributed by atoms with Gasteiger partial charge >= 0.3 is 0 Å². The predicted octanol–water partition coefficient (Wildman–Crippen LogP) is 3.58. The minimum Gasteiger partial charge on any atom is -0.461 e. The molecule has 0 bridgehead atoms. The van der Waals surface area contributed by atoms with Crippen molar-refractivity contribution in [3.05, 3.63) is 35.6 Å². The van der Waals surface area contributed by atoms with Gasteiger partial charge in [0, 0.05) is 11.3 Å². The van der Waals surface area contributed by atoms with Crippen molar-refractivity contribution in [2.75, 3.05) is 0 Å². The van der Waals surface area contributed by atoms with Gasteiger partial charge in [0.2, 0.25) is 0 Å². The van der Waals surface area contributed by atoms with E-state index in [1.165, 1.54) is 0 Å². The van der Waals surface area contributed by atoms with Crippen LogP contribution in [0, 0.1) is 12.8 Å². The number of benzene rings is 1. The van der Waals surface area contributed by atoms with E-state index in [0.717, 1.165) is 22.3 Å². The number of aryl methyl sites for hydroxylation is 1. The standard InChI is InChI=1S/C13H14O2/c1-8(2)13(14)12-9(3)15-11-7-5-4-6-10(11)12/h4-8H,1-3H3. The van der Waals surface area contributed by atoms with E-state index in [2.05, 4.69) is 0 Å². The van der Waals surface area contributed by atoms with Crippen LogP contribution in [0.15, 0.2) is 28.7 Å². The van der Waals surface area contributed by atoms with E-state index >= 15 is 0 Å². The van der Waals surface area contributed by atoms with Gasteiger partial charge < -0.3 is 4.42 Å². The zero-order valence-corrected chi connectivity index (χ0v) is 9.20. The molecule has 0 N–H and O–H groups in total. The van der Waals surface area contributed by atoms with Crippen molar-refractivity contribution in [3.8, 4) is 0 Å². The van der Waals surface area contributed by atoms with Gasteiger partial charge in [0.25, 0.3) is 0 Å². The molecule has 0 radical (unpaired) electrons. The topological polar surface area (TPSA) is 30.2 Å². The maximum Gasteiger partial charge on any atom is 0.169 e. The molecule has 0 fully saturated rings. The molecule has 1 aromatic heterocycles. The lowest BCUT2D eigenvalue weighted by Gasteiger charge is -2.02. The van der Waals surface area contributed by atoms with Crippen LogP contribution >= 0.6 is 0 Å². The van der Waals surface area contributed by atoms with Gasteiger partial charge in [0.05, 0.1) is 5.56 Å². The average molecular weight is 202 g/mol. The number of hydrogen-bond acceptors (Lipinski definition) is 2. The summed E-state index contributed by atoms with van der Waals surface area (Å²) >= 11 is 0. The molecule has 1 heterocycles. The van der Waals surface area contributed by atoms with E-state index in [-0.39, 0.29) is 11.7 Å². The number of furan rings is 1. The van der Waals surface area contributed by atoms with Crippen molar-refractivity contribution in [1.29, 1.82) is 0 Å². The number of Topliss-reactive ketones (excluding diaryl/α,β-unsaturated/α-hetero) is 1. The minimum atomic E-state index is 0.00436. The molecule has 0 aliphatic heterocycles. The molecule has 78 valence electrons. The molecule has 2 rings (SSSR count). The number of rotatable bonds is 2. The van der Waals surface area contributed by atoms with Crippen molar-refractivity contribution in [2.45, 2.75) is 20.8 Å². The van der Waals surface area contributed by atoms with Crippen molar-refractivity contribution in [2.24, 2.45) is 5.92 Å². The van der Waals surface area contributed by atoms with Crippen LogP contribution in [-0.2, 0) is 0 Å². The Morgan fingerprint density at radius 1 is 1.27 bits per heavy atom. The number of para-hydroxylation sites is 1. The summed E-state index contributed by atoms with van der Waals surface area (Å²) in [7, 11) is 0. The molecule has 0 aliphatic rings. The molecule has 0 spiro atoms. The summed E-state index contributed by atoms with van der Waals surface area (Å²) in [5.41, 5.74) is 1.53. The van der Waals surface area contributed by atoms with Gasteiger partial charge in [-0.3, -0.25) is 4.79 Å². The number of ketones is 1. The fourth-order valence-electron chi connectivity index (χ4n) is 1.76. The van der Waals surface area contributed by atoms with E-state index in [1.807, 2.05) is 45.0 Å². The van der Waals surface area contributed by atoms with Gasteiger partial charge in [-0.25, -0.2) is 0 Å². The molecule has 1 aromatic carbocycles. The van der Waals surface area contributed by atoms with Gasteiger partial charge in [0.15, 0.2) is 5.78 Å². The molecule has 0 aliphatic carbocycles. The lowest BCUT2D eigenvalue weighted by atomic mass is 9.98. The summed E-state index contributed by atoms with van der Waals surface area (Å²) in [6, 6.07) is 7.66. The number of hydrogen-bond donors (Lipinski definition) is 0. The summed E-state index contributed by atoms with van der Waals surface area (Å²) in [6.07, 6.45) is 0. The number of carbonyl (C=O) groups excluding carboxylic acids is 1. The van der Waals surface area contributed by atoms with Crippen molar-refractivity contribution < 1.29 is 9.21 Å². The Morgan fingerprint density at radius 3 is 2.60 bits per heavy atom. The molecule has 0 atom stereocenters. The Labute approximate surface area is 88.9 Å².